The van der Waals surface area contributed by atoms with E-state index in [0.29, 0.717) is 53.6 Å². The van der Waals surface area contributed by atoms with Gasteiger partial charge in [0.2, 0.25) is 17.3 Å². The first-order valence-electron chi connectivity index (χ1n) is 13.4. The number of carbonyl (C=O) groups excluding carboxylic acids is 1. The van der Waals surface area contributed by atoms with E-state index in [1.54, 1.807) is 24.3 Å². The highest BCUT2D eigenvalue weighted by Crippen LogP contribution is 2.50. The first kappa shape index (κ1) is 27.7. The Bertz CT molecular complexity index is 1610. The summed E-state index contributed by atoms with van der Waals surface area (Å²) >= 11 is 1.15. The van der Waals surface area contributed by atoms with Crippen molar-refractivity contribution in [2.24, 2.45) is 4.99 Å². The fourth-order valence-electron chi connectivity index (χ4n) is 4.62. The molecular formula is C30H31N5O6S. The van der Waals surface area contributed by atoms with Gasteiger partial charge in [-0.1, -0.05) is 36.0 Å². The molecule has 0 aliphatic carbocycles. The van der Waals surface area contributed by atoms with E-state index >= 15 is 0 Å². The molecule has 4 heterocycles. The van der Waals surface area contributed by atoms with Crippen LogP contribution in [0.2, 0.25) is 0 Å². The Hall–Kier alpha value is -4.42. The van der Waals surface area contributed by atoms with Crippen LogP contribution in [-0.2, 0) is 23.7 Å². The largest absolute Gasteiger partial charge is 0.497 e. The number of aliphatic imine (C=N–C) groups is 1. The summed E-state index contributed by atoms with van der Waals surface area (Å²) in [6.07, 6.45) is 2.91. The zero-order chi connectivity index (χ0) is 29.3. The third-order valence-electron chi connectivity index (χ3n) is 6.66. The van der Waals surface area contributed by atoms with Gasteiger partial charge in [-0.05, 0) is 35.4 Å². The van der Waals surface area contributed by atoms with E-state index in [-0.39, 0.29) is 11.3 Å². The topological polar surface area (TPSA) is 121 Å². The molecule has 0 saturated heterocycles. The van der Waals surface area contributed by atoms with Crippen molar-refractivity contribution in [3.63, 3.8) is 0 Å². The zero-order valence-electron chi connectivity index (χ0n) is 23.7. The van der Waals surface area contributed by atoms with E-state index in [0.717, 1.165) is 34.4 Å². The molecule has 12 heteroatoms. The molecule has 2 N–H and O–H groups in total. The van der Waals surface area contributed by atoms with Crippen molar-refractivity contribution in [3.8, 4) is 28.9 Å². The fraction of sp³-hybridized carbons (Fsp3) is 0.300. The Morgan fingerprint density at radius 2 is 1.79 bits per heavy atom. The van der Waals surface area contributed by atoms with Crippen LogP contribution >= 0.6 is 11.8 Å². The molecule has 11 nitrogen and oxygen atoms in total. The SMILES string of the molecule is COc1ccc(COc2ccc(CNC3N=CNc4c3ncn4-c3oc(CSC(C)=O)c4c3OC(C)(C)O4)cc2)cc1. The minimum atomic E-state index is -0.859. The maximum Gasteiger partial charge on any atom is 0.254 e. The number of furan rings is 1. The Balaban J connectivity index is 1.13. The van der Waals surface area contributed by atoms with E-state index in [9.17, 15) is 4.79 Å². The molecule has 42 heavy (non-hydrogen) atoms. The monoisotopic (exact) mass is 589 g/mol. The number of anilines is 1. The number of thioether (sulfide) groups is 1. The third-order valence-corrected chi connectivity index (χ3v) is 7.47. The molecule has 0 fully saturated rings. The summed E-state index contributed by atoms with van der Waals surface area (Å²) < 4.78 is 31.1. The molecule has 0 amide bonds. The normalized spacial score (nSPS) is 16.1. The quantitative estimate of drug-likeness (QED) is 0.242. The highest BCUT2D eigenvalue weighted by atomic mass is 32.2. The molecule has 0 radical (unpaired) electrons. The summed E-state index contributed by atoms with van der Waals surface area (Å²) in [5.41, 5.74) is 2.85. The Kier molecular flexibility index (Phi) is 7.56. The Labute approximate surface area is 247 Å². The van der Waals surface area contributed by atoms with Gasteiger partial charge in [0.15, 0.2) is 10.9 Å². The van der Waals surface area contributed by atoms with Crippen LogP contribution in [0.15, 0.2) is 64.3 Å². The van der Waals surface area contributed by atoms with E-state index in [1.165, 1.54) is 6.92 Å². The average molecular weight is 590 g/mol. The highest BCUT2D eigenvalue weighted by Gasteiger charge is 2.41. The maximum absolute atomic E-state index is 11.6. The first-order chi connectivity index (χ1) is 20.3. The van der Waals surface area contributed by atoms with Crippen LogP contribution in [-0.4, -0.2) is 33.9 Å². The summed E-state index contributed by atoms with van der Waals surface area (Å²) in [6, 6.07) is 15.8. The molecule has 1 atom stereocenters. The van der Waals surface area contributed by atoms with Crippen molar-refractivity contribution in [1.29, 1.82) is 0 Å². The van der Waals surface area contributed by atoms with E-state index in [2.05, 4.69) is 20.6 Å². The van der Waals surface area contributed by atoms with Crippen molar-refractivity contribution in [3.05, 3.63) is 77.4 Å². The standard InChI is InChI=1S/C30H31N5O6S/c1-18(36)42-15-23-25-26(41-30(2,3)40-25)29(39-23)35-17-34-24-27(32-16-33-28(24)35)31-13-19-5-11-22(12-6-19)38-14-20-7-9-21(37-4)10-8-20/h5-12,16-17,27,31H,13-15H2,1-4H3,(H,32,33). The molecule has 6 rings (SSSR count). The number of aromatic nitrogens is 2. The minimum absolute atomic E-state index is 0.0117. The lowest BCUT2D eigenvalue weighted by molar-refractivity contribution is -0.109. The maximum atomic E-state index is 11.6. The van der Waals surface area contributed by atoms with Gasteiger partial charge in [0.05, 0.1) is 19.2 Å². The van der Waals surface area contributed by atoms with Crippen molar-refractivity contribution >= 4 is 29.0 Å². The van der Waals surface area contributed by atoms with Crippen molar-refractivity contribution in [2.45, 2.75) is 51.6 Å². The number of ether oxygens (including phenoxy) is 4. The summed E-state index contributed by atoms with van der Waals surface area (Å²) in [4.78, 5) is 20.8. The van der Waals surface area contributed by atoms with E-state index in [1.807, 2.05) is 62.4 Å². The third kappa shape index (κ3) is 5.81. The molecule has 2 aromatic carbocycles. The van der Waals surface area contributed by atoms with E-state index in [4.69, 9.17) is 23.4 Å². The van der Waals surface area contributed by atoms with Crippen LogP contribution < -0.4 is 29.6 Å². The second kappa shape index (κ2) is 11.5. The van der Waals surface area contributed by atoms with Gasteiger partial charge in [-0.3, -0.25) is 14.7 Å². The van der Waals surface area contributed by atoms with Crippen molar-refractivity contribution in [2.75, 3.05) is 12.4 Å². The molecule has 2 aromatic heterocycles. The smallest absolute Gasteiger partial charge is 0.254 e. The molecule has 1 unspecified atom stereocenters. The van der Waals surface area contributed by atoms with Crippen LogP contribution in [0.5, 0.6) is 23.0 Å². The predicted octanol–water partition coefficient (Wildman–Crippen LogP) is 5.58. The number of hydrogen-bond acceptors (Lipinski definition) is 11. The second-order valence-electron chi connectivity index (χ2n) is 10.2. The molecule has 0 saturated carbocycles. The predicted molar refractivity (Wildman–Crippen MR) is 159 cm³/mol. The van der Waals surface area contributed by atoms with Gasteiger partial charge in [-0.2, -0.15) is 0 Å². The van der Waals surface area contributed by atoms with Gasteiger partial charge in [0, 0.05) is 27.3 Å². The molecule has 0 spiro atoms. The number of rotatable bonds is 10. The van der Waals surface area contributed by atoms with E-state index < -0.39 is 5.79 Å². The molecule has 2 aliphatic heterocycles. The summed E-state index contributed by atoms with van der Waals surface area (Å²) in [5, 5.41) is 6.63. The number of imidazole rings is 1. The lowest BCUT2D eigenvalue weighted by Gasteiger charge is -2.20. The summed E-state index contributed by atoms with van der Waals surface area (Å²) in [5.74, 6) is 3.71. The zero-order valence-corrected chi connectivity index (χ0v) is 24.5. The van der Waals surface area contributed by atoms with Crippen LogP contribution in [0.25, 0.3) is 5.88 Å². The highest BCUT2D eigenvalue weighted by molar-refractivity contribution is 8.12. The van der Waals surface area contributed by atoms with Crippen molar-refractivity contribution < 1.29 is 28.2 Å². The average Bonchev–Trinajstić information content (AvgIpc) is 3.65. The number of nitrogens with one attached hydrogen (secondary N) is 2. The number of fused-ring (bicyclic) bond motifs is 2. The molecule has 0 bridgehead atoms. The number of carbonyl (C=O) groups is 1. The van der Waals surface area contributed by atoms with Gasteiger partial charge in [-0.25, -0.2) is 9.98 Å². The lowest BCUT2D eigenvalue weighted by Crippen LogP contribution is -2.30. The summed E-state index contributed by atoms with van der Waals surface area (Å²) in [6.45, 7) is 6.21. The number of hydrogen-bond donors (Lipinski definition) is 2. The number of benzene rings is 2. The van der Waals surface area contributed by atoms with Gasteiger partial charge >= 0.3 is 0 Å². The first-order valence-corrected chi connectivity index (χ1v) is 14.4. The molecule has 2 aliphatic rings. The van der Waals surface area contributed by atoms with Gasteiger partial charge in [-0.15, -0.1) is 0 Å². The van der Waals surface area contributed by atoms with Gasteiger partial charge in [0.1, 0.15) is 42.1 Å². The Morgan fingerprint density at radius 1 is 1.07 bits per heavy atom. The van der Waals surface area contributed by atoms with Crippen LogP contribution in [0.3, 0.4) is 0 Å². The Morgan fingerprint density at radius 3 is 2.52 bits per heavy atom. The molecular weight excluding hydrogens is 558 g/mol. The number of methoxy groups -OCH3 is 1. The minimum Gasteiger partial charge on any atom is -0.497 e. The van der Waals surface area contributed by atoms with Crippen LogP contribution in [0, 0.1) is 0 Å². The van der Waals surface area contributed by atoms with Gasteiger partial charge < -0.3 is 28.7 Å². The van der Waals surface area contributed by atoms with Crippen LogP contribution in [0.4, 0.5) is 5.82 Å². The number of nitrogens with zero attached hydrogens (tertiary/aromatic N) is 3. The molecule has 4 aromatic rings. The summed E-state index contributed by atoms with van der Waals surface area (Å²) in [7, 11) is 1.65. The fourth-order valence-corrected chi connectivity index (χ4v) is 5.14. The van der Waals surface area contributed by atoms with Crippen LogP contribution in [0.1, 0.15) is 49.5 Å². The lowest BCUT2D eigenvalue weighted by atomic mass is 10.2. The second-order valence-corrected chi connectivity index (χ2v) is 11.4. The molecule has 218 valence electrons. The van der Waals surface area contributed by atoms with Gasteiger partial charge in [0.25, 0.3) is 5.88 Å². The van der Waals surface area contributed by atoms with Crippen molar-refractivity contribution in [1.82, 2.24) is 14.9 Å².